The molecule has 0 heterocycles. The van der Waals surface area contributed by atoms with Crippen LogP contribution < -0.4 is 0 Å². The second kappa shape index (κ2) is 7.93. The number of hydrogen-bond acceptors (Lipinski definition) is 3. The highest BCUT2D eigenvalue weighted by Crippen LogP contribution is 2.31. The molecule has 0 saturated carbocycles. The van der Waals surface area contributed by atoms with Crippen molar-refractivity contribution in [3.05, 3.63) is 71.8 Å². The smallest absolute Gasteiger partial charge is 0.0840 e. The van der Waals surface area contributed by atoms with Crippen molar-refractivity contribution in [2.45, 2.75) is 25.4 Å². The lowest BCUT2D eigenvalue weighted by Crippen LogP contribution is -2.32. The molecule has 0 aliphatic carbocycles. The third kappa shape index (κ3) is 3.91. The Bertz CT molecular complexity index is 515. The molecule has 21 heavy (non-hydrogen) atoms. The number of hydroxylamine groups is 2. The van der Waals surface area contributed by atoms with Crippen LogP contribution in [0.4, 0.5) is 0 Å². The number of benzene rings is 2. The van der Waals surface area contributed by atoms with Crippen LogP contribution in [-0.4, -0.2) is 24.0 Å². The van der Waals surface area contributed by atoms with Crippen LogP contribution in [0.5, 0.6) is 0 Å². The number of rotatable bonds is 7. The summed E-state index contributed by atoms with van der Waals surface area (Å²) in [6.45, 7) is 2.53. The summed E-state index contributed by atoms with van der Waals surface area (Å²) < 4.78 is 5.31. The molecule has 0 aliphatic rings. The Morgan fingerprint density at radius 3 is 1.81 bits per heavy atom. The van der Waals surface area contributed by atoms with E-state index in [1.807, 2.05) is 60.7 Å². The van der Waals surface area contributed by atoms with Crippen molar-refractivity contribution < 1.29 is 9.94 Å². The fourth-order valence-electron chi connectivity index (χ4n) is 2.63. The Morgan fingerprint density at radius 1 is 0.905 bits per heavy atom. The van der Waals surface area contributed by atoms with Gasteiger partial charge in [0, 0.05) is 7.11 Å². The van der Waals surface area contributed by atoms with Crippen molar-refractivity contribution >= 4 is 0 Å². The molecule has 2 aromatic carbocycles. The van der Waals surface area contributed by atoms with Crippen LogP contribution in [0.3, 0.4) is 0 Å². The van der Waals surface area contributed by atoms with Gasteiger partial charge in [-0.3, -0.25) is 0 Å². The van der Waals surface area contributed by atoms with Crippen molar-refractivity contribution in [1.82, 2.24) is 5.06 Å². The van der Waals surface area contributed by atoms with Gasteiger partial charge in [-0.2, -0.15) is 5.06 Å². The van der Waals surface area contributed by atoms with Crippen LogP contribution in [0.1, 0.15) is 36.6 Å². The van der Waals surface area contributed by atoms with Crippen LogP contribution >= 0.6 is 0 Å². The first kappa shape index (κ1) is 15.7. The van der Waals surface area contributed by atoms with Crippen LogP contribution in [0, 0.1) is 0 Å². The van der Waals surface area contributed by atoms with E-state index in [4.69, 9.17) is 4.74 Å². The van der Waals surface area contributed by atoms with Crippen LogP contribution in [0.2, 0.25) is 0 Å². The Hall–Kier alpha value is -1.68. The number of ether oxygens (including phenoxy) is 1. The Kier molecular flexibility index (Phi) is 5.93. The van der Waals surface area contributed by atoms with Gasteiger partial charge in [0.2, 0.25) is 0 Å². The van der Waals surface area contributed by atoms with E-state index in [1.165, 1.54) is 5.06 Å². The number of nitrogens with zero attached hydrogens (tertiary/aromatic N) is 1. The summed E-state index contributed by atoms with van der Waals surface area (Å²) in [6.07, 6.45) is 0.827. The molecule has 0 aliphatic heterocycles. The SMILES string of the molecule is CC[C@@H](c1ccccc1)N(O)[C@H](COC)c1ccccc1. The monoisotopic (exact) mass is 285 g/mol. The molecule has 1 N–H and O–H groups in total. The molecule has 2 aromatic rings. The van der Waals surface area contributed by atoms with Gasteiger partial charge in [-0.1, -0.05) is 67.6 Å². The van der Waals surface area contributed by atoms with Gasteiger partial charge in [-0.25, -0.2) is 0 Å². The maximum Gasteiger partial charge on any atom is 0.0840 e. The lowest BCUT2D eigenvalue weighted by atomic mass is 10.0. The largest absolute Gasteiger partial charge is 0.383 e. The average molecular weight is 285 g/mol. The van der Waals surface area contributed by atoms with Crippen LogP contribution in [-0.2, 0) is 4.74 Å². The van der Waals surface area contributed by atoms with Crippen molar-refractivity contribution in [2.75, 3.05) is 13.7 Å². The maximum absolute atomic E-state index is 10.8. The molecule has 3 heteroatoms. The first-order valence-electron chi connectivity index (χ1n) is 7.34. The first-order chi connectivity index (χ1) is 10.3. The molecule has 0 fully saturated rings. The highest BCUT2D eigenvalue weighted by Gasteiger charge is 2.26. The van der Waals surface area contributed by atoms with Gasteiger partial charge in [-0.15, -0.1) is 0 Å². The standard InChI is InChI=1S/C18H23NO2/c1-3-17(15-10-6-4-7-11-15)19(20)18(14-21-2)16-12-8-5-9-13-16/h4-13,17-18,20H,3,14H2,1-2H3/t17-,18+/m0/s1. The molecule has 0 radical (unpaired) electrons. The second-order valence-corrected chi connectivity index (χ2v) is 5.10. The zero-order valence-electron chi connectivity index (χ0n) is 12.6. The second-order valence-electron chi connectivity index (χ2n) is 5.10. The fraction of sp³-hybridized carbons (Fsp3) is 0.333. The Morgan fingerprint density at radius 2 is 1.38 bits per heavy atom. The molecule has 2 atom stereocenters. The summed E-state index contributed by atoms with van der Waals surface area (Å²) in [6, 6.07) is 19.8. The van der Waals surface area contributed by atoms with E-state index in [0.29, 0.717) is 6.61 Å². The summed E-state index contributed by atoms with van der Waals surface area (Å²) in [7, 11) is 1.66. The molecule has 0 unspecified atom stereocenters. The predicted molar refractivity (Wildman–Crippen MR) is 84.2 cm³/mol. The number of hydrogen-bond donors (Lipinski definition) is 1. The lowest BCUT2D eigenvalue weighted by Gasteiger charge is -2.32. The summed E-state index contributed by atoms with van der Waals surface area (Å²) in [5.74, 6) is 0. The van der Waals surface area contributed by atoms with E-state index >= 15 is 0 Å². The van der Waals surface area contributed by atoms with E-state index in [9.17, 15) is 5.21 Å². The molecule has 3 nitrogen and oxygen atoms in total. The minimum absolute atomic E-state index is 0.0495. The molecule has 0 bridgehead atoms. The third-order valence-electron chi connectivity index (χ3n) is 3.72. The molecule has 2 rings (SSSR count). The zero-order chi connectivity index (χ0) is 15.1. The molecular formula is C18H23NO2. The molecule has 0 amide bonds. The Balaban J connectivity index is 2.26. The highest BCUT2D eigenvalue weighted by molar-refractivity contribution is 5.22. The van der Waals surface area contributed by atoms with Gasteiger partial charge in [0.05, 0.1) is 18.7 Å². The van der Waals surface area contributed by atoms with Crippen molar-refractivity contribution in [3.63, 3.8) is 0 Å². The maximum atomic E-state index is 10.8. The molecular weight excluding hydrogens is 262 g/mol. The van der Waals surface area contributed by atoms with E-state index in [-0.39, 0.29) is 12.1 Å². The molecule has 0 saturated heterocycles. The van der Waals surface area contributed by atoms with Gasteiger partial charge in [0.1, 0.15) is 0 Å². The average Bonchev–Trinajstić information content (AvgIpc) is 2.55. The summed E-state index contributed by atoms with van der Waals surface area (Å²) in [5.41, 5.74) is 2.16. The summed E-state index contributed by atoms with van der Waals surface area (Å²) in [5, 5.41) is 12.2. The summed E-state index contributed by atoms with van der Waals surface area (Å²) in [4.78, 5) is 0. The van der Waals surface area contributed by atoms with Crippen LogP contribution in [0.25, 0.3) is 0 Å². The topological polar surface area (TPSA) is 32.7 Å². The molecule has 0 spiro atoms. The molecule has 112 valence electrons. The van der Waals surface area contributed by atoms with E-state index in [1.54, 1.807) is 7.11 Å². The fourth-order valence-corrected chi connectivity index (χ4v) is 2.63. The van der Waals surface area contributed by atoms with Crippen LogP contribution in [0.15, 0.2) is 60.7 Å². The van der Waals surface area contributed by atoms with Gasteiger partial charge in [0.15, 0.2) is 0 Å². The van der Waals surface area contributed by atoms with Gasteiger partial charge in [-0.05, 0) is 17.5 Å². The van der Waals surface area contributed by atoms with E-state index < -0.39 is 0 Å². The van der Waals surface area contributed by atoms with Gasteiger partial charge >= 0.3 is 0 Å². The van der Waals surface area contributed by atoms with Gasteiger partial charge in [0.25, 0.3) is 0 Å². The third-order valence-corrected chi connectivity index (χ3v) is 3.72. The van der Waals surface area contributed by atoms with Gasteiger partial charge < -0.3 is 9.94 Å². The minimum Gasteiger partial charge on any atom is -0.383 e. The van der Waals surface area contributed by atoms with Crippen molar-refractivity contribution in [2.24, 2.45) is 0 Å². The zero-order valence-corrected chi connectivity index (χ0v) is 12.6. The Labute approximate surface area is 126 Å². The number of methoxy groups -OCH3 is 1. The predicted octanol–water partition coefficient (Wildman–Crippen LogP) is 4.22. The molecule has 0 aromatic heterocycles. The van der Waals surface area contributed by atoms with E-state index in [0.717, 1.165) is 17.5 Å². The van der Waals surface area contributed by atoms with Crippen molar-refractivity contribution in [1.29, 1.82) is 0 Å². The van der Waals surface area contributed by atoms with Crippen molar-refractivity contribution in [3.8, 4) is 0 Å². The lowest BCUT2D eigenvalue weighted by molar-refractivity contribution is -0.176. The normalized spacial score (nSPS) is 14.1. The minimum atomic E-state index is -0.179. The first-order valence-corrected chi connectivity index (χ1v) is 7.34. The summed E-state index contributed by atoms with van der Waals surface area (Å²) >= 11 is 0. The quantitative estimate of drug-likeness (QED) is 0.773. The van der Waals surface area contributed by atoms with E-state index in [2.05, 4.69) is 6.92 Å². The highest BCUT2D eigenvalue weighted by atomic mass is 16.5.